The number of nitrogens with two attached hydrogens (primary N) is 1. The molecule has 0 bridgehead atoms. The summed E-state index contributed by atoms with van der Waals surface area (Å²) in [5.74, 6) is -0.497. The van der Waals surface area contributed by atoms with Crippen molar-refractivity contribution in [2.24, 2.45) is 5.73 Å². The van der Waals surface area contributed by atoms with E-state index in [0.29, 0.717) is 38.6 Å². The molecular formula is C21H13NO3. The van der Waals surface area contributed by atoms with Crippen molar-refractivity contribution in [2.45, 2.75) is 6.04 Å². The molecule has 2 aliphatic carbocycles. The maximum Gasteiger partial charge on any atom is 0.198 e. The number of fused-ring (bicyclic) bond motifs is 4. The summed E-state index contributed by atoms with van der Waals surface area (Å²) in [5, 5.41) is 12.1. The van der Waals surface area contributed by atoms with E-state index in [1.165, 1.54) is 6.08 Å². The Bertz CT molecular complexity index is 1160. The Morgan fingerprint density at radius 3 is 2.24 bits per heavy atom. The molecule has 4 nitrogen and oxygen atoms in total. The van der Waals surface area contributed by atoms with Crippen molar-refractivity contribution < 1.29 is 14.7 Å². The molecule has 5 rings (SSSR count). The van der Waals surface area contributed by atoms with Crippen molar-refractivity contribution in [1.82, 2.24) is 0 Å². The molecule has 4 heteroatoms. The molecule has 2 aliphatic rings. The maximum absolute atomic E-state index is 13.1. The smallest absolute Gasteiger partial charge is 0.198 e. The Hall–Kier alpha value is -3.24. The van der Waals surface area contributed by atoms with Crippen LogP contribution in [-0.4, -0.2) is 16.7 Å². The second-order valence-electron chi connectivity index (χ2n) is 6.37. The van der Waals surface area contributed by atoms with Crippen LogP contribution in [0.1, 0.15) is 38.7 Å². The van der Waals surface area contributed by atoms with Crippen molar-refractivity contribution in [3.63, 3.8) is 0 Å². The number of hydrogen-bond acceptors (Lipinski definition) is 4. The van der Waals surface area contributed by atoms with Crippen LogP contribution < -0.4 is 5.73 Å². The van der Waals surface area contributed by atoms with Gasteiger partial charge in [0.05, 0.1) is 11.6 Å². The third-order valence-electron chi connectivity index (χ3n) is 5.09. The van der Waals surface area contributed by atoms with E-state index in [4.69, 9.17) is 5.73 Å². The summed E-state index contributed by atoms with van der Waals surface area (Å²) in [6, 6.07) is 13.5. The molecule has 1 unspecified atom stereocenters. The standard InChI is InChI=1S/C21H13NO3/c22-19-15(23)9-14-10-5-1-3-7-12(10)20(24)18-16(14)17(19)11-6-2-4-8-13(11)21(18)25/h1-9,19,25H,22H2. The molecule has 0 radical (unpaired) electrons. The first-order chi connectivity index (χ1) is 12.1. The van der Waals surface area contributed by atoms with E-state index in [2.05, 4.69) is 0 Å². The molecule has 0 saturated carbocycles. The lowest BCUT2D eigenvalue weighted by molar-refractivity contribution is -0.115. The summed E-state index contributed by atoms with van der Waals surface area (Å²) in [6.45, 7) is 0. The molecular weight excluding hydrogens is 314 g/mol. The average molecular weight is 327 g/mol. The minimum absolute atomic E-state index is 0.0543. The van der Waals surface area contributed by atoms with Crippen molar-refractivity contribution in [3.05, 3.63) is 82.4 Å². The summed E-state index contributed by atoms with van der Waals surface area (Å²) >= 11 is 0. The monoisotopic (exact) mass is 327 g/mol. The van der Waals surface area contributed by atoms with Gasteiger partial charge in [-0.25, -0.2) is 0 Å². The van der Waals surface area contributed by atoms with Crippen molar-refractivity contribution in [1.29, 1.82) is 0 Å². The van der Waals surface area contributed by atoms with Crippen LogP contribution in [0.25, 0.3) is 16.3 Å². The number of phenolic OH excluding ortho intramolecular Hbond substituents is 1. The van der Waals surface area contributed by atoms with Crippen LogP contribution in [0, 0.1) is 0 Å². The highest BCUT2D eigenvalue weighted by atomic mass is 16.3. The zero-order chi connectivity index (χ0) is 17.3. The van der Waals surface area contributed by atoms with Gasteiger partial charge < -0.3 is 10.8 Å². The SMILES string of the molecule is NC1C(=O)C=C2c3ccccc3C(=O)c3c2c1c1ccccc1c3O. The van der Waals surface area contributed by atoms with E-state index < -0.39 is 6.04 Å². The van der Waals surface area contributed by atoms with Crippen molar-refractivity contribution in [2.75, 3.05) is 0 Å². The molecule has 0 fully saturated rings. The Morgan fingerprint density at radius 2 is 1.48 bits per heavy atom. The van der Waals surface area contributed by atoms with E-state index in [1.807, 2.05) is 24.3 Å². The molecule has 0 spiro atoms. The van der Waals surface area contributed by atoms with Crippen LogP contribution in [0.2, 0.25) is 0 Å². The van der Waals surface area contributed by atoms with Gasteiger partial charge in [0.1, 0.15) is 5.75 Å². The molecule has 0 aliphatic heterocycles. The Balaban J connectivity index is 2.05. The van der Waals surface area contributed by atoms with E-state index in [-0.39, 0.29) is 22.9 Å². The Labute approximate surface area is 143 Å². The second-order valence-corrected chi connectivity index (χ2v) is 6.37. The third kappa shape index (κ3) is 1.64. The number of benzene rings is 3. The van der Waals surface area contributed by atoms with Crippen LogP contribution in [0.15, 0.2) is 54.6 Å². The lowest BCUT2D eigenvalue weighted by atomic mass is 9.72. The highest BCUT2D eigenvalue weighted by Crippen LogP contribution is 2.49. The van der Waals surface area contributed by atoms with Gasteiger partial charge in [-0.3, -0.25) is 9.59 Å². The minimum Gasteiger partial charge on any atom is -0.507 e. The second kappa shape index (κ2) is 4.65. The van der Waals surface area contributed by atoms with Gasteiger partial charge in [0.15, 0.2) is 11.6 Å². The van der Waals surface area contributed by atoms with Crippen molar-refractivity contribution in [3.8, 4) is 5.75 Å². The number of ketones is 2. The summed E-state index contributed by atoms with van der Waals surface area (Å²) in [6.07, 6.45) is 1.50. The largest absolute Gasteiger partial charge is 0.507 e. The summed E-state index contributed by atoms with van der Waals surface area (Å²) < 4.78 is 0. The first-order valence-corrected chi connectivity index (χ1v) is 8.02. The molecule has 0 heterocycles. The van der Waals surface area contributed by atoms with Gasteiger partial charge in [-0.05, 0) is 28.2 Å². The van der Waals surface area contributed by atoms with E-state index in [9.17, 15) is 14.7 Å². The quantitative estimate of drug-likeness (QED) is 0.520. The first-order valence-electron chi connectivity index (χ1n) is 8.02. The van der Waals surface area contributed by atoms with E-state index >= 15 is 0 Å². The van der Waals surface area contributed by atoms with Gasteiger partial charge in [-0.1, -0.05) is 48.5 Å². The van der Waals surface area contributed by atoms with Crippen LogP contribution in [0.5, 0.6) is 5.75 Å². The van der Waals surface area contributed by atoms with Crippen LogP contribution >= 0.6 is 0 Å². The fraction of sp³-hybridized carbons (Fsp3) is 0.0476. The number of phenols is 1. The Morgan fingerprint density at radius 1 is 0.840 bits per heavy atom. The summed E-state index contributed by atoms with van der Waals surface area (Å²) in [5.41, 5.74) is 9.49. The zero-order valence-electron chi connectivity index (χ0n) is 13.1. The van der Waals surface area contributed by atoms with Crippen LogP contribution in [0.3, 0.4) is 0 Å². The van der Waals surface area contributed by atoms with Gasteiger partial charge in [-0.15, -0.1) is 0 Å². The zero-order valence-corrected chi connectivity index (χ0v) is 13.1. The van der Waals surface area contributed by atoms with E-state index in [0.717, 1.165) is 0 Å². The molecule has 3 aromatic rings. The summed E-state index contributed by atoms with van der Waals surface area (Å²) in [7, 11) is 0. The molecule has 3 N–H and O–H groups in total. The van der Waals surface area contributed by atoms with Crippen molar-refractivity contribution >= 4 is 27.9 Å². The predicted molar refractivity (Wildman–Crippen MR) is 94.5 cm³/mol. The lowest BCUT2D eigenvalue weighted by Gasteiger charge is -2.31. The van der Waals surface area contributed by atoms with Gasteiger partial charge in [0.2, 0.25) is 0 Å². The summed E-state index contributed by atoms with van der Waals surface area (Å²) in [4.78, 5) is 25.6. The molecule has 0 saturated heterocycles. The van der Waals surface area contributed by atoms with Crippen LogP contribution in [0.4, 0.5) is 0 Å². The highest BCUT2D eigenvalue weighted by molar-refractivity contribution is 6.26. The first kappa shape index (κ1) is 14.1. The third-order valence-corrected chi connectivity index (χ3v) is 5.09. The predicted octanol–water partition coefficient (Wildman–Crippen LogP) is 3.10. The molecule has 25 heavy (non-hydrogen) atoms. The minimum atomic E-state index is -0.846. The fourth-order valence-corrected chi connectivity index (χ4v) is 3.98. The average Bonchev–Trinajstić information content (AvgIpc) is 2.64. The fourth-order valence-electron chi connectivity index (χ4n) is 3.98. The van der Waals surface area contributed by atoms with Gasteiger partial charge in [0, 0.05) is 16.5 Å². The number of aromatic hydroxyl groups is 1. The van der Waals surface area contributed by atoms with E-state index in [1.54, 1.807) is 24.3 Å². The molecule has 0 amide bonds. The topological polar surface area (TPSA) is 80.4 Å². The van der Waals surface area contributed by atoms with Gasteiger partial charge in [-0.2, -0.15) is 0 Å². The molecule has 1 atom stereocenters. The lowest BCUT2D eigenvalue weighted by Crippen LogP contribution is -2.29. The normalized spacial score (nSPS) is 18.0. The number of carbonyl (C=O) groups is 2. The number of rotatable bonds is 0. The Kier molecular flexibility index (Phi) is 2.63. The number of carbonyl (C=O) groups excluding carboxylic acids is 2. The molecule has 0 aromatic heterocycles. The van der Waals surface area contributed by atoms with Gasteiger partial charge in [0.25, 0.3) is 0 Å². The molecule has 3 aromatic carbocycles. The maximum atomic E-state index is 13.1. The van der Waals surface area contributed by atoms with Gasteiger partial charge >= 0.3 is 0 Å². The highest BCUT2D eigenvalue weighted by Gasteiger charge is 2.38. The van der Waals surface area contributed by atoms with Crippen LogP contribution in [-0.2, 0) is 4.79 Å². The number of hydrogen-bond donors (Lipinski definition) is 2. The molecule has 120 valence electrons.